The second-order valence-electron chi connectivity index (χ2n) is 5.95. The molecule has 3 N–H and O–H groups in total. The largest absolute Gasteiger partial charge is 0.506 e. The molecule has 3 aromatic rings. The van der Waals surface area contributed by atoms with Gasteiger partial charge in [-0.2, -0.15) is 0 Å². The molecule has 0 radical (unpaired) electrons. The average Bonchev–Trinajstić information content (AvgIpc) is 2.71. The van der Waals surface area contributed by atoms with Crippen LogP contribution < -0.4 is 14.8 Å². The van der Waals surface area contributed by atoms with Gasteiger partial charge in [-0.25, -0.2) is 8.42 Å². The van der Waals surface area contributed by atoms with E-state index in [4.69, 9.17) is 16.3 Å². The molecule has 3 rings (SSSR count). The Hall–Kier alpha value is -3.23. The van der Waals surface area contributed by atoms with Crippen LogP contribution in [0.2, 0.25) is 5.02 Å². The van der Waals surface area contributed by atoms with Crippen LogP contribution in [0.4, 0.5) is 11.4 Å². The van der Waals surface area contributed by atoms with Crippen LogP contribution in [0.25, 0.3) is 0 Å². The van der Waals surface area contributed by atoms with Gasteiger partial charge in [-0.1, -0.05) is 29.8 Å². The second-order valence-corrected chi connectivity index (χ2v) is 8.04. The number of amides is 1. The zero-order chi connectivity index (χ0) is 21.0. The number of phenols is 1. The maximum absolute atomic E-state index is 12.7. The van der Waals surface area contributed by atoms with Crippen LogP contribution in [-0.4, -0.2) is 26.5 Å². The number of phenolic OH excluding ortho intramolecular Hbond substituents is 1. The van der Waals surface area contributed by atoms with Gasteiger partial charge in [-0.05, 0) is 48.5 Å². The predicted molar refractivity (Wildman–Crippen MR) is 111 cm³/mol. The van der Waals surface area contributed by atoms with Crippen molar-refractivity contribution in [2.24, 2.45) is 0 Å². The summed E-state index contributed by atoms with van der Waals surface area (Å²) >= 11 is 5.83. The summed E-state index contributed by atoms with van der Waals surface area (Å²) in [6.07, 6.45) is 0. The van der Waals surface area contributed by atoms with Crippen molar-refractivity contribution in [3.63, 3.8) is 0 Å². The predicted octanol–water partition coefficient (Wildman–Crippen LogP) is 4.11. The fourth-order valence-electron chi connectivity index (χ4n) is 2.53. The molecular weight excluding hydrogens is 416 g/mol. The molecule has 0 unspecified atom stereocenters. The van der Waals surface area contributed by atoms with Crippen LogP contribution in [0.3, 0.4) is 0 Å². The quantitative estimate of drug-likeness (QED) is 0.508. The summed E-state index contributed by atoms with van der Waals surface area (Å²) in [5.74, 6) is -0.268. The first-order valence-corrected chi connectivity index (χ1v) is 10.2. The Bertz CT molecular complexity index is 1170. The molecule has 0 aliphatic heterocycles. The lowest BCUT2D eigenvalue weighted by molar-refractivity contribution is 0.102. The number of halogens is 1. The number of ether oxygens (including phenoxy) is 1. The SMILES string of the molecule is COc1ccccc1NS(=O)(=O)c1cccc(C(=O)Nc2ccc(O)c(Cl)c2)c1. The third kappa shape index (κ3) is 4.79. The van der Waals surface area contributed by atoms with Crippen LogP contribution in [0.1, 0.15) is 10.4 Å². The molecule has 0 saturated heterocycles. The number of sulfonamides is 1. The van der Waals surface area contributed by atoms with Crippen molar-refractivity contribution in [1.29, 1.82) is 0 Å². The maximum Gasteiger partial charge on any atom is 0.262 e. The van der Waals surface area contributed by atoms with Crippen molar-refractivity contribution < 1.29 is 23.1 Å². The van der Waals surface area contributed by atoms with Crippen LogP contribution >= 0.6 is 11.6 Å². The Kier molecular flexibility index (Phi) is 5.95. The smallest absolute Gasteiger partial charge is 0.262 e. The number of carbonyl (C=O) groups is 1. The van der Waals surface area contributed by atoms with Gasteiger partial charge >= 0.3 is 0 Å². The Morgan fingerprint density at radius 3 is 2.52 bits per heavy atom. The van der Waals surface area contributed by atoms with Crippen molar-refractivity contribution in [3.05, 3.63) is 77.3 Å². The van der Waals surface area contributed by atoms with E-state index in [1.165, 1.54) is 49.6 Å². The Morgan fingerprint density at radius 1 is 1.03 bits per heavy atom. The number of hydrogen-bond acceptors (Lipinski definition) is 5. The highest BCUT2D eigenvalue weighted by atomic mass is 35.5. The molecule has 3 aromatic carbocycles. The van der Waals surface area contributed by atoms with Crippen LogP contribution in [0, 0.1) is 0 Å². The summed E-state index contributed by atoms with van der Waals surface area (Å²) in [6, 6.07) is 16.4. The van der Waals surface area contributed by atoms with E-state index in [1.807, 2.05) is 0 Å². The number of methoxy groups -OCH3 is 1. The zero-order valence-electron chi connectivity index (χ0n) is 15.2. The molecule has 0 saturated carbocycles. The van der Waals surface area contributed by atoms with Gasteiger partial charge in [0.1, 0.15) is 11.5 Å². The molecule has 0 fully saturated rings. The summed E-state index contributed by atoms with van der Waals surface area (Å²) in [5.41, 5.74) is 0.777. The van der Waals surface area contributed by atoms with Crippen molar-refractivity contribution >= 4 is 38.9 Å². The summed E-state index contributed by atoms with van der Waals surface area (Å²) in [6.45, 7) is 0. The summed E-state index contributed by atoms with van der Waals surface area (Å²) in [4.78, 5) is 12.4. The molecule has 0 atom stereocenters. The van der Waals surface area contributed by atoms with E-state index in [-0.39, 0.29) is 26.9 Å². The fourth-order valence-corrected chi connectivity index (χ4v) is 3.82. The lowest BCUT2D eigenvalue weighted by Gasteiger charge is -2.12. The molecular formula is C20H17ClN2O5S. The van der Waals surface area contributed by atoms with Crippen LogP contribution in [-0.2, 0) is 10.0 Å². The van der Waals surface area contributed by atoms with E-state index in [2.05, 4.69) is 10.0 Å². The van der Waals surface area contributed by atoms with Gasteiger partial charge < -0.3 is 15.2 Å². The monoisotopic (exact) mass is 432 g/mol. The van der Waals surface area contributed by atoms with E-state index in [9.17, 15) is 18.3 Å². The second kappa shape index (κ2) is 8.42. The van der Waals surface area contributed by atoms with Gasteiger partial charge in [-0.3, -0.25) is 9.52 Å². The van der Waals surface area contributed by atoms with E-state index in [0.717, 1.165) is 0 Å². The summed E-state index contributed by atoms with van der Waals surface area (Å²) in [7, 11) is -2.51. The molecule has 0 aliphatic carbocycles. The average molecular weight is 433 g/mol. The number of hydrogen-bond donors (Lipinski definition) is 3. The molecule has 0 spiro atoms. The van der Waals surface area contributed by atoms with E-state index in [1.54, 1.807) is 24.3 Å². The van der Waals surface area contributed by atoms with E-state index >= 15 is 0 Å². The topological polar surface area (TPSA) is 105 Å². The van der Waals surface area contributed by atoms with Crippen molar-refractivity contribution in [2.75, 3.05) is 17.1 Å². The standard InChI is InChI=1S/C20H17ClN2O5S/c1-28-19-8-3-2-7-17(19)23-29(26,27)15-6-4-5-13(11-15)20(25)22-14-9-10-18(24)16(21)12-14/h2-12,23-24H,1H3,(H,22,25). The first-order chi connectivity index (χ1) is 13.8. The maximum atomic E-state index is 12.7. The normalized spacial score (nSPS) is 11.0. The van der Waals surface area contributed by atoms with Crippen molar-refractivity contribution in [3.8, 4) is 11.5 Å². The molecule has 7 nitrogen and oxygen atoms in total. The highest BCUT2D eigenvalue weighted by Crippen LogP contribution is 2.28. The molecule has 150 valence electrons. The Balaban J connectivity index is 1.84. The molecule has 9 heteroatoms. The Labute approximate surface area is 173 Å². The van der Waals surface area contributed by atoms with Gasteiger partial charge in [0.25, 0.3) is 15.9 Å². The highest BCUT2D eigenvalue weighted by Gasteiger charge is 2.18. The summed E-state index contributed by atoms with van der Waals surface area (Å²) < 4.78 is 33.1. The van der Waals surface area contributed by atoms with Crippen molar-refractivity contribution in [1.82, 2.24) is 0 Å². The molecule has 29 heavy (non-hydrogen) atoms. The number of anilines is 2. The van der Waals surface area contributed by atoms with E-state index in [0.29, 0.717) is 11.4 Å². The van der Waals surface area contributed by atoms with Gasteiger partial charge in [0.05, 0.1) is 22.7 Å². The molecule has 0 heterocycles. The van der Waals surface area contributed by atoms with Crippen LogP contribution in [0.5, 0.6) is 11.5 Å². The van der Waals surface area contributed by atoms with Crippen molar-refractivity contribution in [2.45, 2.75) is 4.90 Å². The lowest BCUT2D eigenvalue weighted by Crippen LogP contribution is -2.16. The van der Waals surface area contributed by atoms with Gasteiger partial charge in [0, 0.05) is 11.3 Å². The first-order valence-electron chi connectivity index (χ1n) is 8.36. The molecule has 1 amide bonds. The number of nitrogens with one attached hydrogen (secondary N) is 2. The third-order valence-corrected chi connectivity index (χ3v) is 5.63. The van der Waals surface area contributed by atoms with Gasteiger partial charge in [-0.15, -0.1) is 0 Å². The lowest BCUT2D eigenvalue weighted by atomic mass is 10.2. The molecule has 0 aromatic heterocycles. The fraction of sp³-hybridized carbons (Fsp3) is 0.0500. The minimum absolute atomic E-state index is 0.0835. The highest BCUT2D eigenvalue weighted by molar-refractivity contribution is 7.92. The number of carbonyl (C=O) groups excluding carboxylic acids is 1. The summed E-state index contributed by atoms with van der Waals surface area (Å²) in [5, 5.41) is 12.1. The van der Waals surface area contributed by atoms with E-state index < -0.39 is 15.9 Å². The molecule has 0 aliphatic rings. The Morgan fingerprint density at radius 2 is 1.79 bits per heavy atom. The number of rotatable bonds is 6. The molecule has 0 bridgehead atoms. The third-order valence-electron chi connectivity index (χ3n) is 3.96. The van der Waals surface area contributed by atoms with Gasteiger partial charge in [0.15, 0.2) is 0 Å². The van der Waals surface area contributed by atoms with Gasteiger partial charge in [0.2, 0.25) is 0 Å². The number of para-hydroxylation sites is 2. The first kappa shape index (κ1) is 20.5. The minimum atomic E-state index is -3.95. The number of benzene rings is 3. The zero-order valence-corrected chi connectivity index (χ0v) is 16.8. The number of aromatic hydroxyl groups is 1. The minimum Gasteiger partial charge on any atom is -0.506 e. The van der Waals surface area contributed by atoms with Crippen LogP contribution in [0.15, 0.2) is 71.6 Å².